The number of hydrogen-bond acceptors (Lipinski definition) is 6. The van der Waals surface area contributed by atoms with E-state index in [0.29, 0.717) is 29.8 Å². The summed E-state index contributed by atoms with van der Waals surface area (Å²) in [5.74, 6) is 1.05. The number of thiophene rings is 1. The van der Waals surface area contributed by atoms with Gasteiger partial charge in [0.1, 0.15) is 5.82 Å². The summed E-state index contributed by atoms with van der Waals surface area (Å²) in [7, 11) is 1.85. The second kappa shape index (κ2) is 7.41. The Balaban J connectivity index is 1.70. The predicted octanol–water partition coefficient (Wildman–Crippen LogP) is 0.786. The third-order valence-electron chi connectivity index (χ3n) is 2.71. The van der Waals surface area contributed by atoms with Gasteiger partial charge in [-0.15, -0.1) is 21.5 Å². The van der Waals surface area contributed by atoms with Crippen molar-refractivity contribution < 1.29 is 4.79 Å². The van der Waals surface area contributed by atoms with E-state index in [9.17, 15) is 4.79 Å². The molecule has 2 rings (SSSR count). The molecule has 8 heteroatoms. The van der Waals surface area contributed by atoms with Gasteiger partial charge in [-0.05, 0) is 17.9 Å². The molecule has 2 aromatic heterocycles. The van der Waals surface area contributed by atoms with Crippen molar-refractivity contribution in [2.45, 2.75) is 18.1 Å². The highest BCUT2D eigenvalue weighted by Crippen LogP contribution is 2.14. The van der Waals surface area contributed by atoms with E-state index < -0.39 is 0 Å². The molecule has 108 valence electrons. The van der Waals surface area contributed by atoms with Crippen LogP contribution in [0.2, 0.25) is 0 Å². The maximum Gasteiger partial charge on any atom is 0.230 e. The zero-order valence-corrected chi connectivity index (χ0v) is 12.8. The Labute approximate surface area is 125 Å². The minimum Gasteiger partial charge on any atom is -0.355 e. The van der Waals surface area contributed by atoms with Gasteiger partial charge < -0.3 is 15.6 Å². The van der Waals surface area contributed by atoms with Gasteiger partial charge in [0.05, 0.1) is 12.3 Å². The molecule has 0 aliphatic rings. The van der Waals surface area contributed by atoms with Crippen molar-refractivity contribution in [2.75, 3.05) is 12.3 Å². The summed E-state index contributed by atoms with van der Waals surface area (Å²) in [4.78, 5) is 13.0. The van der Waals surface area contributed by atoms with Crippen LogP contribution in [0.3, 0.4) is 0 Å². The minimum absolute atomic E-state index is 0.00357. The first-order chi connectivity index (χ1) is 9.70. The first-order valence-electron chi connectivity index (χ1n) is 6.21. The molecule has 3 N–H and O–H groups in total. The SMILES string of the molecule is Cn1c(CN)nnc1SCC(=O)NCCc1cccs1. The highest BCUT2D eigenvalue weighted by molar-refractivity contribution is 7.99. The number of thioether (sulfide) groups is 1. The van der Waals surface area contributed by atoms with Gasteiger partial charge in [-0.1, -0.05) is 17.8 Å². The first-order valence-corrected chi connectivity index (χ1v) is 8.07. The zero-order chi connectivity index (χ0) is 14.4. The Bertz CT molecular complexity index is 552. The highest BCUT2D eigenvalue weighted by Gasteiger charge is 2.10. The van der Waals surface area contributed by atoms with Gasteiger partial charge >= 0.3 is 0 Å². The molecule has 6 nitrogen and oxygen atoms in total. The fourth-order valence-electron chi connectivity index (χ4n) is 1.61. The summed E-state index contributed by atoms with van der Waals surface area (Å²) >= 11 is 3.07. The fraction of sp³-hybridized carbons (Fsp3) is 0.417. The van der Waals surface area contributed by atoms with Crippen molar-refractivity contribution >= 4 is 29.0 Å². The molecule has 0 bridgehead atoms. The van der Waals surface area contributed by atoms with Crippen molar-refractivity contribution in [1.82, 2.24) is 20.1 Å². The number of nitrogens with two attached hydrogens (primary N) is 1. The second-order valence-electron chi connectivity index (χ2n) is 4.13. The summed E-state index contributed by atoms with van der Waals surface area (Å²) in [6, 6.07) is 4.08. The van der Waals surface area contributed by atoms with Gasteiger partial charge in [0.25, 0.3) is 0 Å². The van der Waals surface area contributed by atoms with E-state index in [1.807, 2.05) is 23.1 Å². The van der Waals surface area contributed by atoms with E-state index in [0.717, 1.165) is 6.42 Å². The topological polar surface area (TPSA) is 85.8 Å². The van der Waals surface area contributed by atoms with E-state index in [2.05, 4.69) is 21.6 Å². The van der Waals surface area contributed by atoms with Gasteiger partial charge in [-0.2, -0.15) is 0 Å². The average molecular weight is 311 g/mol. The number of aromatic nitrogens is 3. The van der Waals surface area contributed by atoms with Crippen LogP contribution in [0.15, 0.2) is 22.7 Å². The Morgan fingerprint density at radius 2 is 2.40 bits per heavy atom. The van der Waals surface area contributed by atoms with Gasteiger partial charge in [-0.25, -0.2) is 0 Å². The Morgan fingerprint density at radius 3 is 3.05 bits per heavy atom. The van der Waals surface area contributed by atoms with E-state index in [1.54, 1.807) is 11.3 Å². The van der Waals surface area contributed by atoms with E-state index in [4.69, 9.17) is 5.73 Å². The molecule has 0 aliphatic heterocycles. The van der Waals surface area contributed by atoms with Crippen molar-refractivity contribution in [3.05, 3.63) is 28.2 Å². The monoisotopic (exact) mass is 311 g/mol. The number of hydrogen-bond donors (Lipinski definition) is 2. The predicted molar refractivity (Wildman–Crippen MR) is 80.7 cm³/mol. The molecule has 0 aliphatic carbocycles. The van der Waals surface area contributed by atoms with E-state index in [1.165, 1.54) is 16.6 Å². The smallest absolute Gasteiger partial charge is 0.230 e. The molecule has 20 heavy (non-hydrogen) atoms. The van der Waals surface area contributed by atoms with Crippen LogP contribution in [0, 0.1) is 0 Å². The standard InChI is InChI=1S/C12H17N5OS2/c1-17-10(7-13)15-16-12(17)20-8-11(18)14-5-4-9-3-2-6-19-9/h2-3,6H,4-5,7-8,13H2,1H3,(H,14,18). The summed E-state index contributed by atoms with van der Waals surface area (Å²) in [5, 5.41) is 13.6. The fourth-order valence-corrected chi connectivity index (χ4v) is 3.08. The van der Waals surface area contributed by atoms with Crippen LogP contribution in [0.1, 0.15) is 10.7 Å². The van der Waals surface area contributed by atoms with E-state index >= 15 is 0 Å². The molecule has 2 heterocycles. The van der Waals surface area contributed by atoms with Crippen molar-refractivity contribution in [3.63, 3.8) is 0 Å². The third kappa shape index (κ3) is 4.06. The molecule has 2 aromatic rings. The molecule has 0 saturated carbocycles. The molecule has 0 radical (unpaired) electrons. The summed E-state index contributed by atoms with van der Waals surface area (Å²) in [5.41, 5.74) is 5.52. The number of nitrogens with zero attached hydrogens (tertiary/aromatic N) is 3. The van der Waals surface area contributed by atoms with Crippen LogP contribution in [0.4, 0.5) is 0 Å². The van der Waals surface area contributed by atoms with Crippen molar-refractivity contribution in [1.29, 1.82) is 0 Å². The van der Waals surface area contributed by atoms with Crippen LogP contribution < -0.4 is 11.1 Å². The Hall–Kier alpha value is -1.38. The van der Waals surface area contributed by atoms with Crippen LogP contribution in [0.5, 0.6) is 0 Å². The normalized spacial score (nSPS) is 10.7. The lowest BCUT2D eigenvalue weighted by Crippen LogP contribution is -2.27. The maximum absolute atomic E-state index is 11.7. The zero-order valence-electron chi connectivity index (χ0n) is 11.2. The van der Waals surface area contributed by atoms with Crippen molar-refractivity contribution in [2.24, 2.45) is 12.8 Å². The lowest BCUT2D eigenvalue weighted by Gasteiger charge is -2.04. The van der Waals surface area contributed by atoms with E-state index in [-0.39, 0.29) is 5.91 Å². The average Bonchev–Trinajstić information content (AvgIpc) is 3.06. The van der Waals surface area contributed by atoms with Gasteiger partial charge in [-0.3, -0.25) is 4.79 Å². The number of carbonyl (C=O) groups is 1. The summed E-state index contributed by atoms with van der Waals surface area (Å²) in [6.45, 7) is 1.00. The van der Waals surface area contributed by atoms with Gasteiger partial charge in [0.15, 0.2) is 5.16 Å². The number of amides is 1. The lowest BCUT2D eigenvalue weighted by molar-refractivity contribution is -0.118. The second-order valence-corrected chi connectivity index (χ2v) is 6.10. The van der Waals surface area contributed by atoms with Crippen LogP contribution in [0.25, 0.3) is 0 Å². The molecule has 0 spiro atoms. The molecule has 0 aromatic carbocycles. The van der Waals surface area contributed by atoms with Gasteiger partial charge in [0, 0.05) is 18.5 Å². The number of rotatable bonds is 7. The van der Waals surface area contributed by atoms with Gasteiger partial charge in [0.2, 0.25) is 5.91 Å². The number of carbonyl (C=O) groups excluding carboxylic acids is 1. The van der Waals surface area contributed by atoms with Crippen LogP contribution in [-0.2, 0) is 24.8 Å². The Kier molecular flexibility index (Phi) is 5.57. The molecule has 0 unspecified atom stereocenters. The summed E-state index contributed by atoms with van der Waals surface area (Å²) < 4.78 is 1.81. The largest absolute Gasteiger partial charge is 0.355 e. The molecule has 0 saturated heterocycles. The Morgan fingerprint density at radius 1 is 1.55 bits per heavy atom. The molecular weight excluding hydrogens is 294 g/mol. The summed E-state index contributed by atoms with van der Waals surface area (Å²) in [6.07, 6.45) is 0.870. The quantitative estimate of drug-likeness (QED) is 0.738. The van der Waals surface area contributed by atoms with Crippen LogP contribution >= 0.6 is 23.1 Å². The first kappa shape index (κ1) is 15.0. The maximum atomic E-state index is 11.7. The van der Waals surface area contributed by atoms with Crippen molar-refractivity contribution in [3.8, 4) is 0 Å². The van der Waals surface area contributed by atoms with Crippen LogP contribution in [-0.4, -0.2) is 33.0 Å². The lowest BCUT2D eigenvalue weighted by atomic mass is 10.3. The third-order valence-corrected chi connectivity index (χ3v) is 4.67. The highest BCUT2D eigenvalue weighted by atomic mass is 32.2. The molecular formula is C12H17N5OS2. The number of nitrogens with one attached hydrogen (secondary N) is 1. The molecule has 0 atom stereocenters. The molecule has 1 amide bonds. The molecule has 0 fully saturated rings. The minimum atomic E-state index is 0.00357.